The van der Waals surface area contributed by atoms with Crippen LogP contribution < -0.4 is 5.73 Å². The molecule has 1 saturated carbocycles. The van der Waals surface area contributed by atoms with Crippen molar-refractivity contribution in [3.05, 3.63) is 18.2 Å². The molecular formula is C15H26N4O. The normalized spacial score (nSPS) is 15.4. The lowest BCUT2D eigenvalue weighted by Gasteiger charge is -2.35. The lowest BCUT2D eigenvalue weighted by molar-refractivity contribution is -0.143. The van der Waals surface area contributed by atoms with E-state index in [1.807, 2.05) is 22.7 Å². The number of carbonyl (C=O) groups excluding carboxylic acids is 1. The predicted octanol–water partition coefficient (Wildman–Crippen LogP) is 1.68. The summed E-state index contributed by atoms with van der Waals surface area (Å²) in [5.74, 6) is 1.14. The Morgan fingerprint density at radius 1 is 1.50 bits per heavy atom. The summed E-state index contributed by atoms with van der Waals surface area (Å²) in [5.41, 5.74) is 5.51. The molecule has 1 aliphatic carbocycles. The first-order valence-corrected chi connectivity index (χ1v) is 7.55. The van der Waals surface area contributed by atoms with Gasteiger partial charge < -0.3 is 15.2 Å². The van der Waals surface area contributed by atoms with E-state index in [4.69, 9.17) is 5.73 Å². The second kappa shape index (κ2) is 5.95. The molecule has 5 heteroatoms. The van der Waals surface area contributed by atoms with Gasteiger partial charge in [-0.25, -0.2) is 4.98 Å². The van der Waals surface area contributed by atoms with Gasteiger partial charge in [0.15, 0.2) is 0 Å². The molecule has 0 unspecified atom stereocenters. The van der Waals surface area contributed by atoms with Crippen molar-refractivity contribution in [2.75, 3.05) is 6.54 Å². The number of nitrogens with two attached hydrogens (primary N) is 1. The summed E-state index contributed by atoms with van der Waals surface area (Å²) in [7, 11) is 1.97. The van der Waals surface area contributed by atoms with E-state index >= 15 is 0 Å². The highest BCUT2D eigenvalue weighted by atomic mass is 16.2. The van der Waals surface area contributed by atoms with Crippen molar-refractivity contribution in [1.82, 2.24) is 14.5 Å². The molecule has 0 radical (unpaired) electrons. The van der Waals surface area contributed by atoms with Crippen LogP contribution in [0.25, 0.3) is 0 Å². The van der Waals surface area contributed by atoms with Crippen LogP contribution in [0.2, 0.25) is 0 Å². The molecule has 0 saturated heterocycles. The van der Waals surface area contributed by atoms with Crippen LogP contribution in [0.4, 0.5) is 0 Å². The molecule has 1 aromatic heterocycles. The Morgan fingerprint density at radius 3 is 2.55 bits per heavy atom. The summed E-state index contributed by atoms with van der Waals surface area (Å²) in [6, 6.07) is 0.378. The van der Waals surface area contributed by atoms with Crippen molar-refractivity contribution in [1.29, 1.82) is 0 Å². The molecule has 0 bridgehead atoms. The van der Waals surface area contributed by atoms with E-state index in [2.05, 4.69) is 18.8 Å². The molecule has 2 N–H and O–H groups in total. The van der Waals surface area contributed by atoms with Gasteiger partial charge in [-0.15, -0.1) is 0 Å². The van der Waals surface area contributed by atoms with Gasteiger partial charge in [-0.05, 0) is 25.7 Å². The third-order valence-electron chi connectivity index (χ3n) is 4.68. The van der Waals surface area contributed by atoms with Crippen LogP contribution in [0.5, 0.6) is 0 Å². The third-order valence-corrected chi connectivity index (χ3v) is 4.68. The van der Waals surface area contributed by atoms with Gasteiger partial charge in [-0.3, -0.25) is 4.79 Å². The molecule has 0 aromatic carbocycles. The van der Waals surface area contributed by atoms with E-state index in [0.29, 0.717) is 19.1 Å². The minimum absolute atomic E-state index is 0.204. The van der Waals surface area contributed by atoms with E-state index in [1.54, 1.807) is 6.20 Å². The molecule has 1 fully saturated rings. The number of imidazole rings is 1. The van der Waals surface area contributed by atoms with E-state index in [-0.39, 0.29) is 5.91 Å². The summed E-state index contributed by atoms with van der Waals surface area (Å²) in [4.78, 5) is 19.3. The Kier molecular flexibility index (Phi) is 4.48. The summed E-state index contributed by atoms with van der Waals surface area (Å²) in [6.07, 6.45) is 7.49. The maximum atomic E-state index is 13.0. The number of hydrogen-bond donors (Lipinski definition) is 1. The fourth-order valence-corrected chi connectivity index (χ4v) is 2.69. The lowest BCUT2D eigenvalue weighted by Crippen LogP contribution is -2.48. The van der Waals surface area contributed by atoms with E-state index in [0.717, 1.165) is 31.5 Å². The zero-order chi connectivity index (χ0) is 14.8. The van der Waals surface area contributed by atoms with Crippen molar-refractivity contribution in [2.45, 2.75) is 52.1 Å². The molecule has 2 rings (SSSR count). The molecular weight excluding hydrogens is 252 g/mol. The Morgan fingerprint density at radius 2 is 2.15 bits per heavy atom. The zero-order valence-electron chi connectivity index (χ0n) is 12.8. The minimum Gasteiger partial charge on any atom is -0.337 e. The Hall–Kier alpha value is -1.36. The number of nitrogens with zero attached hydrogens (tertiary/aromatic N) is 3. The van der Waals surface area contributed by atoms with Gasteiger partial charge in [-0.2, -0.15) is 0 Å². The van der Waals surface area contributed by atoms with Crippen molar-refractivity contribution >= 4 is 5.91 Å². The fourth-order valence-electron chi connectivity index (χ4n) is 2.69. The van der Waals surface area contributed by atoms with Gasteiger partial charge in [0.2, 0.25) is 5.91 Å². The zero-order valence-corrected chi connectivity index (χ0v) is 12.8. The smallest absolute Gasteiger partial charge is 0.230 e. The highest BCUT2D eigenvalue weighted by molar-refractivity contribution is 5.83. The summed E-state index contributed by atoms with van der Waals surface area (Å²) in [5, 5.41) is 0. The largest absolute Gasteiger partial charge is 0.337 e. The number of aryl methyl sites for hydroxylation is 1. The Labute approximate surface area is 121 Å². The highest BCUT2D eigenvalue weighted by Gasteiger charge is 2.42. The molecule has 1 heterocycles. The van der Waals surface area contributed by atoms with Crippen molar-refractivity contribution in [3.8, 4) is 0 Å². The standard InChI is InChI=1S/C15H26N4O/c1-4-15(5-2,11-16)14(20)19(12-6-7-12)10-13-17-8-9-18(13)3/h8-9,12H,4-7,10-11,16H2,1-3H3. The second-order valence-electron chi connectivity index (χ2n) is 5.81. The SMILES string of the molecule is CCC(CC)(CN)C(=O)N(Cc1nccn1C)C1CC1. The number of hydrogen-bond acceptors (Lipinski definition) is 3. The monoisotopic (exact) mass is 278 g/mol. The van der Waals surface area contributed by atoms with Crippen molar-refractivity contribution < 1.29 is 4.79 Å². The van der Waals surface area contributed by atoms with E-state index < -0.39 is 5.41 Å². The third kappa shape index (κ3) is 2.73. The van der Waals surface area contributed by atoms with Crippen LogP contribution in [-0.2, 0) is 18.4 Å². The van der Waals surface area contributed by atoms with Crippen LogP contribution >= 0.6 is 0 Å². The van der Waals surface area contributed by atoms with Crippen LogP contribution in [0.15, 0.2) is 12.4 Å². The van der Waals surface area contributed by atoms with Gasteiger partial charge in [0.1, 0.15) is 5.82 Å². The van der Waals surface area contributed by atoms with Gasteiger partial charge in [-0.1, -0.05) is 13.8 Å². The summed E-state index contributed by atoms with van der Waals surface area (Å²) < 4.78 is 1.98. The van der Waals surface area contributed by atoms with Crippen LogP contribution in [-0.4, -0.2) is 32.9 Å². The highest BCUT2D eigenvalue weighted by Crippen LogP contribution is 2.35. The fraction of sp³-hybridized carbons (Fsp3) is 0.733. The second-order valence-corrected chi connectivity index (χ2v) is 5.81. The van der Waals surface area contributed by atoms with Crippen LogP contribution in [0.1, 0.15) is 45.4 Å². The van der Waals surface area contributed by atoms with Gasteiger partial charge in [0.05, 0.1) is 12.0 Å². The quantitative estimate of drug-likeness (QED) is 0.825. The molecule has 112 valence electrons. The molecule has 1 amide bonds. The molecule has 1 aromatic rings. The van der Waals surface area contributed by atoms with Crippen molar-refractivity contribution in [3.63, 3.8) is 0 Å². The maximum Gasteiger partial charge on any atom is 0.230 e. The first-order valence-electron chi connectivity index (χ1n) is 7.55. The van der Waals surface area contributed by atoms with Crippen LogP contribution in [0, 0.1) is 5.41 Å². The number of amides is 1. The summed E-state index contributed by atoms with van der Waals surface area (Å²) in [6.45, 7) is 5.12. The number of aromatic nitrogens is 2. The average Bonchev–Trinajstić information content (AvgIpc) is 3.22. The lowest BCUT2D eigenvalue weighted by atomic mass is 9.81. The van der Waals surface area contributed by atoms with Gasteiger partial charge >= 0.3 is 0 Å². The van der Waals surface area contributed by atoms with Gasteiger partial charge in [0, 0.05) is 32.0 Å². The number of carbonyl (C=O) groups is 1. The Bertz CT molecular complexity index is 452. The van der Waals surface area contributed by atoms with E-state index in [1.165, 1.54) is 0 Å². The van der Waals surface area contributed by atoms with Gasteiger partial charge in [0.25, 0.3) is 0 Å². The van der Waals surface area contributed by atoms with E-state index in [9.17, 15) is 4.79 Å². The maximum absolute atomic E-state index is 13.0. The number of rotatable bonds is 7. The molecule has 5 nitrogen and oxygen atoms in total. The topological polar surface area (TPSA) is 64.2 Å². The molecule has 1 aliphatic rings. The molecule has 0 atom stereocenters. The first-order chi connectivity index (χ1) is 9.57. The Balaban J connectivity index is 2.20. The first kappa shape index (κ1) is 15.0. The average molecular weight is 278 g/mol. The minimum atomic E-state index is -0.409. The molecule has 0 aliphatic heterocycles. The van der Waals surface area contributed by atoms with Crippen molar-refractivity contribution in [2.24, 2.45) is 18.2 Å². The van der Waals surface area contributed by atoms with Crippen LogP contribution in [0.3, 0.4) is 0 Å². The molecule has 0 spiro atoms. The predicted molar refractivity (Wildman–Crippen MR) is 78.8 cm³/mol. The molecule has 20 heavy (non-hydrogen) atoms. The summed E-state index contributed by atoms with van der Waals surface area (Å²) >= 11 is 0.